The summed E-state index contributed by atoms with van der Waals surface area (Å²) in [5.41, 5.74) is 1.53. The van der Waals surface area contributed by atoms with Gasteiger partial charge < -0.3 is 14.5 Å². The lowest BCUT2D eigenvalue weighted by molar-refractivity contribution is 0.0674. The summed E-state index contributed by atoms with van der Waals surface area (Å²) in [6, 6.07) is 13.3. The number of hydrogen-bond donors (Lipinski definition) is 1. The molecule has 2 aromatic carbocycles. The zero-order chi connectivity index (χ0) is 19.4. The summed E-state index contributed by atoms with van der Waals surface area (Å²) in [6.45, 7) is 3.54. The van der Waals surface area contributed by atoms with Crippen molar-refractivity contribution in [3.05, 3.63) is 59.9 Å². The minimum absolute atomic E-state index is 0.0805. The molecule has 1 aliphatic heterocycles. The van der Waals surface area contributed by atoms with Gasteiger partial charge in [0.2, 0.25) is 0 Å². The molecular weight excluding hydrogens is 349 g/mol. The van der Waals surface area contributed by atoms with E-state index in [4.69, 9.17) is 0 Å². The fourth-order valence-electron chi connectivity index (χ4n) is 3.25. The SMILES string of the molecule is COC(=O)Nc1cccc(C(=O)N2CCN(c3ccccc3F)C[C@H]2C)c1. The van der Waals surface area contributed by atoms with Gasteiger partial charge in [0.15, 0.2) is 0 Å². The summed E-state index contributed by atoms with van der Waals surface area (Å²) < 4.78 is 18.6. The monoisotopic (exact) mass is 371 g/mol. The molecule has 6 nitrogen and oxygen atoms in total. The largest absolute Gasteiger partial charge is 0.453 e. The summed E-state index contributed by atoms with van der Waals surface area (Å²) in [5, 5.41) is 2.55. The van der Waals surface area contributed by atoms with Gasteiger partial charge >= 0.3 is 6.09 Å². The molecule has 27 heavy (non-hydrogen) atoms. The van der Waals surface area contributed by atoms with Crippen molar-refractivity contribution in [1.29, 1.82) is 0 Å². The number of halogens is 1. The fourth-order valence-corrected chi connectivity index (χ4v) is 3.25. The highest BCUT2D eigenvalue weighted by Crippen LogP contribution is 2.23. The molecule has 0 radical (unpaired) electrons. The zero-order valence-corrected chi connectivity index (χ0v) is 15.3. The Morgan fingerprint density at radius 3 is 2.63 bits per heavy atom. The number of nitrogens with one attached hydrogen (secondary N) is 1. The molecule has 1 heterocycles. The number of anilines is 2. The first-order chi connectivity index (χ1) is 13.0. The number of carbonyl (C=O) groups excluding carboxylic acids is 2. The molecule has 3 rings (SSSR count). The van der Waals surface area contributed by atoms with Crippen molar-refractivity contribution >= 4 is 23.4 Å². The molecule has 2 amide bonds. The third-order valence-electron chi connectivity index (χ3n) is 4.62. The molecule has 1 atom stereocenters. The van der Waals surface area contributed by atoms with Gasteiger partial charge in [-0.05, 0) is 37.3 Å². The highest BCUT2D eigenvalue weighted by Gasteiger charge is 2.29. The standard InChI is InChI=1S/C20H22FN3O3/c1-14-13-23(18-9-4-3-8-17(18)21)10-11-24(14)19(25)15-6-5-7-16(12-15)22-20(26)27-2/h3-9,12,14H,10-11,13H2,1-2H3,(H,22,26)/t14-/m1/s1. The van der Waals surface area contributed by atoms with E-state index in [1.165, 1.54) is 13.2 Å². The molecule has 0 spiro atoms. The maximum absolute atomic E-state index is 14.0. The van der Waals surface area contributed by atoms with Crippen LogP contribution in [0.3, 0.4) is 0 Å². The molecule has 1 N–H and O–H groups in total. The van der Waals surface area contributed by atoms with Crippen LogP contribution < -0.4 is 10.2 Å². The van der Waals surface area contributed by atoms with Crippen LogP contribution in [0.2, 0.25) is 0 Å². The first-order valence-corrected chi connectivity index (χ1v) is 8.75. The number of amides is 2. The average molecular weight is 371 g/mol. The van der Waals surface area contributed by atoms with E-state index in [9.17, 15) is 14.0 Å². The maximum Gasteiger partial charge on any atom is 0.411 e. The molecule has 0 aromatic heterocycles. The summed E-state index contributed by atoms with van der Waals surface area (Å²) in [5.74, 6) is -0.379. The van der Waals surface area contributed by atoms with Crippen molar-refractivity contribution in [3.8, 4) is 0 Å². The molecule has 1 saturated heterocycles. The van der Waals surface area contributed by atoms with Crippen LogP contribution in [-0.2, 0) is 4.74 Å². The minimum Gasteiger partial charge on any atom is -0.453 e. The summed E-state index contributed by atoms with van der Waals surface area (Å²) in [6.07, 6.45) is -0.591. The number of benzene rings is 2. The number of methoxy groups -OCH3 is 1. The topological polar surface area (TPSA) is 61.9 Å². The van der Waals surface area contributed by atoms with E-state index in [1.54, 1.807) is 47.4 Å². The van der Waals surface area contributed by atoms with Gasteiger partial charge in [0, 0.05) is 36.9 Å². The number of hydrogen-bond acceptors (Lipinski definition) is 4. The van der Waals surface area contributed by atoms with Crippen LogP contribution in [0.1, 0.15) is 17.3 Å². The van der Waals surface area contributed by atoms with Crippen LogP contribution in [0, 0.1) is 5.82 Å². The minimum atomic E-state index is -0.591. The molecule has 0 saturated carbocycles. The molecule has 7 heteroatoms. The molecule has 2 aromatic rings. The lowest BCUT2D eigenvalue weighted by Crippen LogP contribution is -2.54. The Morgan fingerprint density at radius 1 is 1.15 bits per heavy atom. The van der Waals surface area contributed by atoms with E-state index in [1.807, 2.05) is 11.8 Å². The quantitative estimate of drug-likeness (QED) is 0.899. The number of carbonyl (C=O) groups is 2. The maximum atomic E-state index is 14.0. The van der Waals surface area contributed by atoms with Crippen molar-refractivity contribution in [2.24, 2.45) is 0 Å². The van der Waals surface area contributed by atoms with Crippen LogP contribution in [0.25, 0.3) is 0 Å². The number of ether oxygens (including phenoxy) is 1. The molecule has 0 unspecified atom stereocenters. The van der Waals surface area contributed by atoms with Gasteiger partial charge in [-0.3, -0.25) is 10.1 Å². The van der Waals surface area contributed by atoms with Crippen LogP contribution in [0.4, 0.5) is 20.6 Å². The van der Waals surface area contributed by atoms with Gasteiger partial charge in [0.25, 0.3) is 5.91 Å². The van der Waals surface area contributed by atoms with E-state index in [-0.39, 0.29) is 17.8 Å². The van der Waals surface area contributed by atoms with Gasteiger partial charge in [0.05, 0.1) is 12.8 Å². The van der Waals surface area contributed by atoms with Crippen LogP contribution >= 0.6 is 0 Å². The van der Waals surface area contributed by atoms with E-state index in [0.29, 0.717) is 36.6 Å². The first kappa shape index (κ1) is 18.7. The predicted octanol–water partition coefficient (Wildman–Crippen LogP) is 3.35. The smallest absolute Gasteiger partial charge is 0.411 e. The van der Waals surface area contributed by atoms with Gasteiger partial charge in [-0.1, -0.05) is 18.2 Å². The first-order valence-electron chi connectivity index (χ1n) is 8.75. The Morgan fingerprint density at radius 2 is 1.93 bits per heavy atom. The predicted molar refractivity (Wildman–Crippen MR) is 102 cm³/mol. The molecule has 1 fully saturated rings. The van der Waals surface area contributed by atoms with Crippen LogP contribution in [0.5, 0.6) is 0 Å². The highest BCUT2D eigenvalue weighted by atomic mass is 19.1. The second kappa shape index (κ2) is 8.07. The van der Waals surface area contributed by atoms with Crippen LogP contribution in [0.15, 0.2) is 48.5 Å². The van der Waals surface area contributed by atoms with E-state index in [0.717, 1.165) is 0 Å². The van der Waals surface area contributed by atoms with Crippen LogP contribution in [-0.4, -0.2) is 49.7 Å². The Balaban J connectivity index is 1.71. The van der Waals surface area contributed by atoms with Crippen molar-refractivity contribution in [1.82, 2.24) is 4.90 Å². The van der Waals surface area contributed by atoms with Crippen molar-refractivity contribution in [2.75, 3.05) is 37.0 Å². The normalized spacial score (nSPS) is 16.8. The second-order valence-corrected chi connectivity index (χ2v) is 6.44. The van der Waals surface area contributed by atoms with Crippen molar-refractivity contribution in [3.63, 3.8) is 0 Å². The van der Waals surface area contributed by atoms with Gasteiger partial charge in [-0.15, -0.1) is 0 Å². The lowest BCUT2D eigenvalue weighted by atomic mass is 10.1. The number of para-hydroxylation sites is 1. The molecule has 142 valence electrons. The highest BCUT2D eigenvalue weighted by molar-refractivity contribution is 5.96. The number of rotatable bonds is 3. The summed E-state index contributed by atoms with van der Waals surface area (Å²) in [4.78, 5) is 28.0. The summed E-state index contributed by atoms with van der Waals surface area (Å²) >= 11 is 0. The van der Waals surface area contributed by atoms with E-state index < -0.39 is 6.09 Å². The molecule has 0 aliphatic carbocycles. The van der Waals surface area contributed by atoms with Gasteiger partial charge in [-0.25, -0.2) is 9.18 Å². The molecule has 1 aliphatic rings. The third-order valence-corrected chi connectivity index (χ3v) is 4.62. The fraction of sp³-hybridized carbons (Fsp3) is 0.300. The molecule has 0 bridgehead atoms. The van der Waals surface area contributed by atoms with Crippen molar-refractivity contribution in [2.45, 2.75) is 13.0 Å². The summed E-state index contributed by atoms with van der Waals surface area (Å²) in [7, 11) is 1.28. The number of piperazine rings is 1. The average Bonchev–Trinajstić information content (AvgIpc) is 2.68. The third kappa shape index (κ3) is 4.19. The Bertz CT molecular complexity index is 843. The van der Waals surface area contributed by atoms with Crippen molar-refractivity contribution < 1.29 is 18.7 Å². The molecular formula is C20H22FN3O3. The zero-order valence-electron chi connectivity index (χ0n) is 15.3. The Kier molecular flexibility index (Phi) is 5.59. The van der Waals surface area contributed by atoms with Gasteiger partial charge in [-0.2, -0.15) is 0 Å². The van der Waals surface area contributed by atoms with E-state index in [2.05, 4.69) is 10.1 Å². The Hall–Kier alpha value is -3.09. The lowest BCUT2D eigenvalue weighted by Gasteiger charge is -2.41. The number of nitrogens with zero attached hydrogens (tertiary/aromatic N) is 2. The Labute approximate surface area is 157 Å². The van der Waals surface area contributed by atoms with E-state index >= 15 is 0 Å². The van der Waals surface area contributed by atoms with Gasteiger partial charge in [0.1, 0.15) is 5.82 Å². The second-order valence-electron chi connectivity index (χ2n) is 6.44.